The summed E-state index contributed by atoms with van der Waals surface area (Å²) in [6.07, 6.45) is 0. The molecule has 0 aliphatic heterocycles. The van der Waals surface area contributed by atoms with Gasteiger partial charge in [-0.25, -0.2) is 12.1 Å². The summed E-state index contributed by atoms with van der Waals surface area (Å²) in [6.45, 7) is 31.6. The molecule has 0 bridgehead atoms. The van der Waals surface area contributed by atoms with E-state index >= 15 is 0 Å². The van der Waals surface area contributed by atoms with Gasteiger partial charge in [-0.3, -0.25) is 0 Å². The van der Waals surface area contributed by atoms with Crippen molar-refractivity contribution >= 4 is 42.8 Å². The molecule has 0 saturated carbocycles. The van der Waals surface area contributed by atoms with Gasteiger partial charge in [0.2, 0.25) is 0 Å². The molecule has 0 atom stereocenters. The number of benzene rings is 4. The third-order valence-corrected chi connectivity index (χ3v) is 8.73. The molecule has 0 radical (unpaired) electrons. The second-order valence-corrected chi connectivity index (χ2v) is 25.7. The second-order valence-electron chi connectivity index (χ2n) is 17.5. The van der Waals surface area contributed by atoms with Crippen molar-refractivity contribution in [1.29, 1.82) is 0 Å². The monoisotopic (exact) mass is 810 g/mol. The van der Waals surface area contributed by atoms with Crippen LogP contribution in [0.5, 0.6) is 0 Å². The Labute approximate surface area is 332 Å². The Hall–Kier alpha value is -2.57. The van der Waals surface area contributed by atoms with Crippen molar-refractivity contribution in [1.82, 2.24) is 0 Å². The maximum absolute atomic E-state index is 5.13. The Kier molecular flexibility index (Phi) is 17.2. The number of aryl methyl sites for hydroxylation is 2. The van der Waals surface area contributed by atoms with Gasteiger partial charge in [-0.05, 0) is 35.5 Å². The van der Waals surface area contributed by atoms with E-state index in [1.54, 1.807) is 0 Å². The van der Waals surface area contributed by atoms with Gasteiger partial charge >= 0.3 is 40.1 Å². The van der Waals surface area contributed by atoms with Gasteiger partial charge in [0.05, 0.1) is 0 Å². The molecule has 0 aliphatic rings. The molecule has 0 spiro atoms. The molecular formula is C49H62Cl2Zr-4. The Morgan fingerprint density at radius 1 is 0.538 bits per heavy atom. The molecule has 0 heterocycles. The molecule has 3 heteroatoms. The van der Waals surface area contributed by atoms with Gasteiger partial charge in [0, 0.05) is 0 Å². The third-order valence-electron chi connectivity index (χ3n) is 8.73. The molecule has 0 nitrogen and oxygen atoms in total. The van der Waals surface area contributed by atoms with Crippen molar-refractivity contribution in [3.05, 3.63) is 155 Å². The smallest absolute Gasteiger partial charge is 0.172 e. The van der Waals surface area contributed by atoms with Crippen molar-refractivity contribution in [3.8, 4) is 0 Å². The first-order valence-corrected chi connectivity index (χ1v) is 26.2. The Balaban J connectivity index is 0.000000266. The summed E-state index contributed by atoms with van der Waals surface area (Å²) in [7, 11) is 10.3. The van der Waals surface area contributed by atoms with Crippen LogP contribution < -0.4 is 0 Å². The molecule has 6 aromatic rings. The van der Waals surface area contributed by atoms with Crippen LogP contribution in [0.2, 0.25) is 0 Å². The van der Waals surface area contributed by atoms with E-state index in [9.17, 15) is 0 Å². The zero-order valence-corrected chi connectivity index (χ0v) is 38.3. The minimum Gasteiger partial charge on any atom is -0.214 e. The van der Waals surface area contributed by atoms with Crippen LogP contribution in [0, 0.1) is 26.0 Å². The van der Waals surface area contributed by atoms with Gasteiger partial charge in [-0.2, -0.15) is 90.0 Å². The van der Waals surface area contributed by atoms with E-state index < -0.39 is 18.9 Å². The quantitative estimate of drug-likeness (QED) is 0.134. The summed E-state index contributed by atoms with van der Waals surface area (Å²) >= 11 is -1.85. The predicted octanol–water partition coefficient (Wildman–Crippen LogP) is 15.2. The second kappa shape index (κ2) is 19.7. The fraction of sp³-hybridized carbons (Fsp3) is 0.367. The predicted molar refractivity (Wildman–Crippen MR) is 233 cm³/mol. The fourth-order valence-corrected chi connectivity index (χ4v) is 6.04. The van der Waals surface area contributed by atoms with Gasteiger partial charge in [0.1, 0.15) is 0 Å². The largest absolute Gasteiger partial charge is 0.214 e. The average Bonchev–Trinajstić information content (AvgIpc) is 3.71. The van der Waals surface area contributed by atoms with Crippen LogP contribution in [0.3, 0.4) is 0 Å². The van der Waals surface area contributed by atoms with Crippen LogP contribution in [-0.2, 0) is 40.5 Å². The van der Waals surface area contributed by atoms with Crippen LogP contribution in [0.15, 0.2) is 109 Å². The van der Waals surface area contributed by atoms with Crippen LogP contribution in [0.4, 0.5) is 0 Å². The van der Waals surface area contributed by atoms with Crippen LogP contribution >= 0.6 is 17.0 Å². The first-order chi connectivity index (χ1) is 23.9. The minimum absolute atomic E-state index is 0.180. The average molecular weight is 813 g/mol. The number of hydrogen-bond donors (Lipinski definition) is 0. The van der Waals surface area contributed by atoms with Gasteiger partial charge < -0.3 is 0 Å². The summed E-state index contributed by atoms with van der Waals surface area (Å²) in [5, 5.41) is 5.55. The molecule has 6 aromatic carbocycles. The summed E-state index contributed by atoms with van der Waals surface area (Å²) in [6, 6.07) is 44.2. The van der Waals surface area contributed by atoms with E-state index in [1.807, 2.05) is 54.6 Å². The third kappa shape index (κ3) is 15.0. The fourth-order valence-electron chi connectivity index (χ4n) is 6.04. The Morgan fingerprint density at radius 2 is 0.846 bits per heavy atom. The molecule has 0 unspecified atom stereocenters. The van der Waals surface area contributed by atoms with E-state index in [0.29, 0.717) is 0 Å². The van der Waals surface area contributed by atoms with Crippen molar-refractivity contribution < 1.29 is 18.9 Å². The molecule has 52 heavy (non-hydrogen) atoms. The normalized spacial score (nSPS) is 11.5. The summed E-state index contributed by atoms with van der Waals surface area (Å²) in [4.78, 5) is 0. The van der Waals surface area contributed by atoms with Gasteiger partial charge in [0.25, 0.3) is 0 Å². The van der Waals surface area contributed by atoms with Gasteiger partial charge in [-0.1, -0.05) is 117 Å². The first-order valence-electron chi connectivity index (χ1n) is 18.2. The summed E-state index contributed by atoms with van der Waals surface area (Å²) in [5.74, 6) is 0. The zero-order valence-electron chi connectivity index (χ0n) is 34.4. The van der Waals surface area contributed by atoms with Crippen molar-refractivity contribution in [3.63, 3.8) is 0 Å². The molecule has 0 fully saturated rings. The number of halogens is 2. The van der Waals surface area contributed by atoms with E-state index in [1.165, 1.54) is 54.9 Å². The maximum Gasteiger partial charge on any atom is -0.172 e. The maximum atomic E-state index is 5.13. The SMILES string of the molecule is CC(C)(C)c1cc[c-]cc1.CC(C)(C)c1cc[c-]cc1.Cc1cc2[cH-]c3cc(C)c(C(C)(C)C)cc3c2cc1C(C)(C)C.[CH2]=[Zr]([Cl])[Cl].c1cc[cH-]c1. The number of rotatable bonds is 0. The first kappa shape index (κ1) is 45.6. The van der Waals surface area contributed by atoms with Crippen molar-refractivity contribution in [2.24, 2.45) is 0 Å². The van der Waals surface area contributed by atoms with E-state index in [0.717, 1.165) is 0 Å². The molecule has 6 rings (SSSR count). The molecule has 0 amide bonds. The van der Waals surface area contributed by atoms with Gasteiger partial charge in [-0.15, -0.1) is 39.7 Å². The van der Waals surface area contributed by atoms with E-state index in [2.05, 4.69) is 168 Å². The molecule has 0 saturated heterocycles. The zero-order chi connectivity index (χ0) is 39.5. The topological polar surface area (TPSA) is 0 Å². The Bertz CT molecular complexity index is 1790. The Morgan fingerprint density at radius 3 is 1.06 bits per heavy atom. The summed E-state index contributed by atoms with van der Waals surface area (Å²) in [5.41, 5.74) is 9.34. The number of fused-ring (bicyclic) bond motifs is 3. The number of hydrogen-bond acceptors (Lipinski definition) is 0. The van der Waals surface area contributed by atoms with Crippen molar-refractivity contribution in [2.45, 2.75) is 119 Å². The van der Waals surface area contributed by atoms with E-state index in [4.69, 9.17) is 17.0 Å². The van der Waals surface area contributed by atoms with Crippen molar-refractivity contribution in [2.75, 3.05) is 0 Å². The van der Waals surface area contributed by atoms with Crippen LogP contribution in [0.25, 0.3) is 21.5 Å². The molecular weight excluding hydrogens is 751 g/mol. The van der Waals surface area contributed by atoms with E-state index in [-0.39, 0.29) is 21.7 Å². The van der Waals surface area contributed by atoms with Gasteiger partial charge in [0.15, 0.2) is 0 Å². The van der Waals surface area contributed by atoms with Crippen LogP contribution in [0.1, 0.15) is 116 Å². The minimum atomic E-state index is -1.85. The molecule has 280 valence electrons. The molecule has 0 aliphatic carbocycles. The molecule has 0 N–H and O–H groups in total. The molecule has 0 aromatic heterocycles. The standard InChI is InChI=1S/C23H29.2C10H13.C5H5.CH2.2ClH.Zr/c1-14-9-16-11-17-10-15(2)21(23(6,7)8)13-19(17)18(16)12-20(14)22(3,4)5;2*1-10(2,3)9-7-5-4-6-8-9;1-2-4-5-3-1;;;;/h9-13H,1-8H3;2*5-8H,1-3H3;1-5H;1H2;2*1H;/q4*-1;;;;+2/p-2. The van der Waals surface area contributed by atoms with Crippen LogP contribution in [-0.4, -0.2) is 4.21 Å². The summed E-state index contributed by atoms with van der Waals surface area (Å²) < 4.78 is 3.37.